The maximum Gasteiger partial charge on any atom is 0.122 e. The molecule has 0 aromatic heterocycles. The predicted molar refractivity (Wildman–Crippen MR) is 86.6 cm³/mol. The first-order chi connectivity index (χ1) is 9.83. The van der Waals surface area contributed by atoms with Gasteiger partial charge in [-0.1, -0.05) is 45.2 Å². The summed E-state index contributed by atoms with van der Waals surface area (Å²) in [5.41, 5.74) is 2.88. The summed E-state index contributed by atoms with van der Waals surface area (Å²) < 4.78 is 6.20. The Morgan fingerprint density at radius 2 is 1.85 bits per heavy atom. The molecule has 0 N–H and O–H groups in total. The molecular weight excluding hydrogens is 244 g/mol. The van der Waals surface area contributed by atoms with E-state index in [4.69, 9.17) is 4.74 Å². The third-order valence-corrected chi connectivity index (χ3v) is 4.42. The normalized spacial score (nSPS) is 15.7. The van der Waals surface area contributed by atoms with Crippen molar-refractivity contribution < 1.29 is 4.74 Å². The average molecular weight is 274 g/mol. The summed E-state index contributed by atoms with van der Waals surface area (Å²) in [6.07, 6.45) is 13.3. The molecule has 0 spiro atoms. The van der Waals surface area contributed by atoms with Gasteiger partial charge >= 0.3 is 0 Å². The first-order valence-electron chi connectivity index (χ1n) is 8.62. The molecule has 0 saturated heterocycles. The molecule has 0 aliphatic heterocycles. The second-order valence-corrected chi connectivity index (χ2v) is 6.13. The Morgan fingerprint density at radius 1 is 1.05 bits per heavy atom. The highest BCUT2D eigenvalue weighted by Gasteiger charge is 2.17. The molecule has 1 aromatic carbocycles. The van der Waals surface area contributed by atoms with Gasteiger partial charge < -0.3 is 4.74 Å². The van der Waals surface area contributed by atoms with Crippen LogP contribution in [0.4, 0.5) is 0 Å². The molecule has 1 fully saturated rings. The molecule has 1 nitrogen and oxygen atoms in total. The Hall–Kier alpha value is -0.980. The number of aryl methyl sites for hydroxylation is 2. The molecule has 0 atom stereocenters. The first-order valence-corrected chi connectivity index (χ1v) is 8.62. The van der Waals surface area contributed by atoms with Crippen molar-refractivity contribution >= 4 is 0 Å². The van der Waals surface area contributed by atoms with E-state index in [0.29, 0.717) is 6.10 Å². The van der Waals surface area contributed by atoms with E-state index in [2.05, 4.69) is 32.0 Å². The minimum absolute atomic E-state index is 0.468. The van der Waals surface area contributed by atoms with E-state index in [0.717, 1.165) is 12.2 Å². The van der Waals surface area contributed by atoms with E-state index < -0.39 is 0 Å². The lowest BCUT2D eigenvalue weighted by atomic mass is 10.0. The molecule has 1 saturated carbocycles. The minimum Gasteiger partial charge on any atom is -0.490 e. The maximum absolute atomic E-state index is 6.20. The van der Waals surface area contributed by atoms with Crippen molar-refractivity contribution in [2.24, 2.45) is 0 Å². The van der Waals surface area contributed by atoms with Gasteiger partial charge in [-0.15, -0.1) is 0 Å². The molecule has 0 radical (unpaired) electrons. The fraction of sp³-hybridized carbons (Fsp3) is 0.684. The van der Waals surface area contributed by atoms with Crippen molar-refractivity contribution in [2.45, 2.75) is 84.2 Å². The summed E-state index contributed by atoms with van der Waals surface area (Å²) in [6, 6.07) is 6.86. The van der Waals surface area contributed by atoms with E-state index in [1.165, 1.54) is 68.9 Å². The molecule has 0 unspecified atom stereocenters. The zero-order valence-electron chi connectivity index (χ0n) is 13.3. The van der Waals surface area contributed by atoms with Crippen LogP contribution in [0.15, 0.2) is 18.2 Å². The summed E-state index contributed by atoms with van der Waals surface area (Å²) in [6.45, 7) is 4.50. The van der Waals surface area contributed by atoms with Gasteiger partial charge in [-0.25, -0.2) is 0 Å². The Labute approximate surface area is 124 Å². The minimum atomic E-state index is 0.468. The molecule has 1 aliphatic carbocycles. The molecule has 0 bridgehead atoms. The average Bonchev–Trinajstić information content (AvgIpc) is 2.98. The van der Waals surface area contributed by atoms with Gasteiger partial charge in [0.05, 0.1) is 6.10 Å². The second kappa shape index (κ2) is 8.34. The van der Waals surface area contributed by atoms with Crippen LogP contribution in [0.1, 0.15) is 76.3 Å². The SMILES string of the molecule is CCCCCCc1ccc(OC2CCCC2)c(CC)c1. The molecular formula is C19H30O. The van der Waals surface area contributed by atoms with Crippen molar-refractivity contribution in [1.82, 2.24) is 0 Å². The quantitative estimate of drug-likeness (QED) is 0.553. The van der Waals surface area contributed by atoms with Crippen LogP contribution in [0.3, 0.4) is 0 Å². The van der Waals surface area contributed by atoms with Crippen molar-refractivity contribution in [2.75, 3.05) is 0 Å². The van der Waals surface area contributed by atoms with Crippen LogP contribution in [0, 0.1) is 0 Å². The van der Waals surface area contributed by atoms with Crippen LogP contribution < -0.4 is 4.74 Å². The lowest BCUT2D eigenvalue weighted by molar-refractivity contribution is 0.208. The highest BCUT2D eigenvalue weighted by atomic mass is 16.5. The topological polar surface area (TPSA) is 9.23 Å². The molecule has 1 aromatic rings. The summed E-state index contributed by atoms with van der Waals surface area (Å²) in [5, 5.41) is 0. The Morgan fingerprint density at radius 3 is 2.55 bits per heavy atom. The van der Waals surface area contributed by atoms with Gasteiger partial charge in [-0.3, -0.25) is 0 Å². The van der Waals surface area contributed by atoms with Crippen molar-refractivity contribution in [3.05, 3.63) is 29.3 Å². The highest BCUT2D eigenvalue weighted by molar-refractivity contribution is 5.37. The zero-order chi connectivity index (χ0) is 14.2. The maximum atomic E-state index is 6.20. The van der Waals surface area contributed by atoms with Crippen LogP contribution in [-0.4, -0.2) is 6.10 Å². The molecule has 112 valence electrons. The van der Waals surface area contributed by atoms with Gasteiger partial charge in [0.25, 0.3) is 0 Å². The highest BCUT2D eigenvalue weighted by Crippen LogP contribution is 2.28. The third-order valence-electron chi connectivity index (χ3n) is 4.42. The van der Waals surface area contributed by atoms with Crippen molar-refractivity contribution in [3.8, 4) is 5.75 Å². The molecule has 20 heavy (non-hydrogen) atoms. The summed E-state index contributed by atoms with van der Waals surface area (Å²) in [5.74, 6) is 1.14. The van der Waals surface area contributed by atoms with Crippen LogP contribution in [0.2, 0.25) is 0 Å². The Bertz CT molecular complexity index is 391. The van der Waals surface area contributed by atoms with E-state index >= 15 is 0 Å². The summed E-state index contributed by atoms with van der Waals surface area (Å²) in [7, 11) is 0. The number of hydrogen-bond acceptors (Lipinski definition) is 1. The first kappa shape index (κ1) is 15.4. The van der Waals surface area contributed by atoms with Crippen LogP contribution >= 0.6 is 0 Å². The third kappa shape index (κ3) is 4.54. The molecule has 2 rings (SSSR count). The largest absolute Gasteiger partial charge is 0.490 e. The van der Waals surface area contributed by atoms with Crippen molar-refractivity contribution in [1.29, 1.82) is 0 Å². The van der Waals surface area contributed by atoms with Gasteiger partial charge in [0, 0.05) is 0 Å². The van der Waals surface area contributed by atoms with E-state index in [9.17, 15) is 0 Å². The van der Waals surface area contributed by atoms with Gasteiger partial charge in [0.2, 0.25) is 0 Å². The fourth-order valence-corrected chi connectivity index (χ4v) is 3.12. The molecule has 1 heteroatoms. The number of benzene rings is 1. The molecule has 1 aliphatic rings. The van der Waals surface area contributed by atoms with E-state index in [1.807, 2.05) is 0 Å². The molecule has 0 amide bonds. The lowest BCUT2D eigenvalue weighted by Crippen LogP contribution is -2.12. The second-order valence-electron chi connectivity index (χ2n) is 6.13. The van der Waals surface area contributed by atoms with Gasteiger partial charge in [-0.05, 0) is 62.1 Å². The van der Waals surface area contributed by atoms with E-state index in [1.54, 1.807) is 0 Å². The number of hydrogen-bond donors (Lipinski definition) is 0. The summed E-state index contributed by atoms with van der Waals surface area (Å²) >= 11 is 0. The standard InChI is InChI=1S/C19H30O/c1-3-5-6-7-10-16-13-14-19(17(4-2)15-16)20-18-11-8-9-12-18/h13-15,18H,3-12H2,1-2H3. The Balaban J connectivity index is 1.92. The monoisotopic (exact) mass is 274 g/mol. The Kier molecular flexibility index (Phi) is 6.42. The van der Waals surface area contributed by atoms with Gasteiger partial charge in [-0.2, -0.15) is 0 Å². The molecule has 0 heterocycles. The number of rotatable bonds is 8. The smallest absolute Gasteiger partial charge is 0.122 e. The van der Waals surface area contributed by atoms with Crippen molar-refractivity contribution in [3.63, 3.8) is 0 Å². The lowest BCUT2D eigenvalue weighted by Gasteiger charge is -2.17. The summed E-state index contributed by atoms with van der Waals surface area (Å²) in [4.78, 5) is 0. The van der Waals surface area contributed by atoms with Gasteiger partial charge in [0.15, 0.2) is 0 Å². The zero-order valence-corrected chi connectivity index (χ0v) is 13.3. The van der Waals surface area contributed by atoms with Crippen LogP contribution in [0.25, 0.3) is 0 Å². The number of unbranched alkanes of at least 4 members (excludes halogenated alkanes) is 3. The predicted octanol–water partition coefficient (Wildman–Crippen LogP) is 5.69. The van der Waals surface area contributed by atoms with E-state index in [-0.39, 0.29) is 0 Å². The van der Waals surface area contributed by atoms with Crippen LogP contribution in [-0.2, 0) is 12.8 Å². The van der Waals surface area contributed by atoms with Crippen LogP contribution in [0.5, 0.6) is 5.75 Å². The fourth-order valence-electron chi connectivity index (χ4n) is 3.12. The number of ether oxygens (including phenoxy) is 1. The van der Waals surface area contributed by atoms with Gasteiger partial charge in [0.1, 0.15) is 5.75 Å².